The summed E-state index contributed by atoms with van der Waals surface area (Å²) in [6, 6.07) is 0.596. The van der Waals surface area contributed by atoms with Crippen LogP contribution in [0.25, 0.3) is 0 Å². The van der Waals surface area contributed by atoms with Crippen LogP contribution in [0.1, 0.15) is 40.0 Å². The van der Waals surface area contributed by atoms with Crippen molar-refractivity contribution in [3.05, 3.63) is 0 Å². The summed E-state index contributed by atoms with van der Waals surface area (Å²) >= 11 is 0. The Morgan fingerprint density at radius 3 is 2.79 bits per heavy atom. The quantitative estimate of drug-likeness (QED) is 0.542. The van der Waals surface area contributed by atoms with Crippen molar-refractivity contribution >= 4 is 5.96 Å². The van der Waals surface area contributed by atoms with Crippen LogP contribution in [0.5, 0.6) is 0 Å². The van der Waals surface area contributed by atoms with Gasteiger partial charge in [0.1, 0.15) is 0 Å². The van der Waals surface area contributed by atoms with E-state index in [0.717, 1.165) is 19.0 Å². The highest BCUT2D eigenvalue weighted by atomic mass is 15.3. The van der Waals surface area contributed by atoms with Crippen LogP contribution in [0.2, 0.25) is 0 Å². The summed E-state index contributed by atoms with van der Waals surface area (Å²) in [7, 11) is 0. The van der Waals surface area contributed by atoms with E-state index >= 15 is 0 Å². The first-order valence-electron chi connectivity index (χ1n) is 5.73. The standard InChI is InChI=1S/C11H23N3/c1-4-13-11(12)14-8-6-5-7-10(14)9(2)3/h9-10H,4-8H2,1-3H3,(H2,12,13). The predicted octanol–water partition coefficient (Wildman–Crippen LogP) is 1.83. The molecule has 14 heavy (non-hydrogen) atoms. The van der Waals surface area contributed by atoms with Gasteiger partial charge in [0.05, 0.1) is 0 Å². The molecule has 1 saturated heterocycles. The van der Waals surface area contributed by atoms with E-state index in [1.54, 1.807) is 0 Å². The van der Waals surface area contributed by atoms with Crippen LogP contribution in [-0.2, 0) is 0 Å². The lowest BCUT2D eigenvalue weighted by molar-refractivity contribution is 0.189. The van der Waals surface area contributed by atoms with E-state index < -0.39 is 0 Å². The fourth-order valence-electron chi connectivity index (χ4n) is 2.19. The van der Waals surface area contributed by atoms with E-state index in [1.165, 1.54) is 19.3 Å². The third kappa shape index (κ3) is 2.63. The molecule has 0 aromatic carbocycles. The number of likely N-dealkylation sites (tertiary alicyclic amines) is 1. The van der Waals surface area contributed by atoms with Crippen molar-refractivity contribution in [3.63, 3.8) is 0 Å². The van der Waals surface area contributed by atoms with Crippen molar-refractivity contribution in [2.24, 2.45) is 16.6 Å². The van der Waals surface area contributed by atoms with Gasteiger partial charge in [0.2, 0.25) is 0 Å². The number of guanidine groups is 1. The lowest BCUT2D eigenvalue weighted by Crippen LogP contribution is -2.49. The Morgan fingerprint density at radius 2 is 2.21 bits per heavy atom. The number of rotatable bonds is 2. The number of aliphatic imine (C=N–C) groups is 1. The van der Waals surface area contributed by atoms with E-state index in [-0.39, 0.29) is 0 Å². The summed E-state index contributed by atoms with van der Waals surface area (Å²) in [5.74, 6) is 1.41. The molecule has 1 rings (SSSR count). The van der Waals surface area contributed by atoms with Crippen molar-refractivity contribution < 1.29 is 0 Å². The van der Waals surface area contributed by atoms with Crippen LogP contribution >= 0.6 is 0 Å². The maximum Gasteiger partial charge on any atom is 0.191 e. The zero-order valence-electron chi connectivity index (χ0n) is 9.66. The summed E-state index contributed by atoms with van der Waals surface area (Å²) in [5, 5.41) is 0. The zero-order valence-corrected chi connectivity index (χ0v) is 9.66. The highest BCUT2D eigenvalue weighted by molar-refractivity contribution is 5.78. The number of nitrogens with zero attached hydrogens (tertiary/aromatic N) is 2. The first kappa shape index (κ1) is 11.3. The SMILES string of the molecule is CCN=C(N)N1CCCCC1C(C)C. The second kappa shape index (κ2) is 5.23. The Hall–Kier alpha value is -0.730. The maximum atomic E-state index is 5.96. The lowest BCUT2D eigenvalue weighted by Gasteiger charge is -2.39. The minimum Gasteiger partial charge on any atom is -0.370 e. The normalized spacial score (nSPS) is 24.4. The average molecular weight is 197 g/mol. The molecule has 0 aliphatic carbocycles. The smallest absolute Gasteiger partial charge is 0.191 e. The number of piperidine rings is 1. The Balaban J connectivity index is 2.67. The van der Waals surface area contributed by atoms with Crippen LogP contribution in [0.3, 0.4) is 0 Å². The summed E-state index contributed by atoms with van der Waals surface area (Å²) in [5.41, 5.74) is 5.96. The Morgan fingerprint density at radius 1 is 1.50 bits per heavy atom. The monoisotopic (exact) mass is 197 g/mol. The van der Waals surface area contributed by atoms with Crippen LogP contribution in [0.4, 0.5) is 0 Å². The molecule has 82 valence electrons. The molecular formula is C11H23N3. The van der Waals surface area contributed by atoms with Gasteiger partial charge < -0.3 is 10.6 Å². The highest BCUT2D eigenvalue weighted by Crippen LogP contribution is 2.22. The molecule has 1 atom stereocenters. The van der Waals surface area contributed by atoms with Gasteiger partial charge >= 0.3 is 0 Å². The van der Waals surface area contributed by atoms with Gasteiger partial charge in [-0.2, -0.15) is 0 Å². The maximum absolute atomic E-state index is 5.96. The van der Waals surface area contributed by atoms with E-state index in [9.17, 15) is 0 Å². The lowest BCUT2D eigenvalue weighted by atomic mass is 9.93. The summed E-state index contributed by atoms with van der Waals surface area (Å²) in [6.45, 7) is 8.43. The number of hydrogen-bond donors (Lipinski definition) is 1. The third-order valence-electron chi connectivity index (χ3n) is 2.93. The Kier molecular flexibility index (Phi) is 4.23. The minimum atomic E-state index is 0.596. The molecule has 3 heteroatoms. The van der Waals surface area contributed by atoms with E-state index in [0.29, 0.717) is 12.0 Å². The molecule has 0 spiro atoms. The van der Waals surface area contributed by atoms with Gasteiger partial charge in [0, 0.05) is 19.1 Å². The van der Waals surface area contributed by atoms with Crippen LogP contribution in [-0.4, -0.2) is 30.0 Å². The molecular weight excluding hydrogens is 174 g/mol. The molecule has 0 aromatic rings. The molecule has 0 aromatic heterocycles. The van der Waals surface area contributed by atoms with Gasteiger partial charge in [-0.05, 0) is 32.1 Å². The van der Waals surface area contributed by atoms with E-state index in [4.69, 9.17) is 5.73 Å². The first-order valence-corrected chi connectivity index (χ1v) is 5.73. The van der Waals surface area contributed by atoms with Crippen LogP contribution < -0.4 is 5.73 Å². The number of nitrogens with two attached hydrogens (primary N) is 1. The summed E-state index contributed by atoms with van der Waals surface area (Å²) in [4.78, 5) is 6.59. The molecule has 1 heterocycles. The fourth-order valence-corrected chi connectivity index (χ4v) is 2.19. The Bertz CT molecular complexity index is 199. The van der Waals surface area contributed by atoms with E-state index in [2.05, 4.69) is 23.7 Å². The van der Waals surface area contributed by atoms with Gasteiger partial charge in [-0.3, -0.25) is 4.99 Å². The van der Waals surface area contributed by atoms with Gasteiger partial charge in [0.25, 0.3) is 0 Å². The second-order valence-corrected chi connectivity index (χ2v) is 4.33. The molecule has 2 N–H and O–H groups in total. The highest BCUT2D eigenvalue weighted by Gasteiger charge is 2.25. The third-order valence-corrected chi connectivity index (χ3v) is 2.93. The molecule has 0 radical (unpaired) electrons. The van der Waals surface area contributed by atoms with Gasteiger partial charge in [-0.25, -0.2) is 0 Å². The second-order valence-electron chi connectivity index (χ2n) is 4.33. The zero-order chi connectivity index (χ0) is 10.6. The molecule has 1 unspecified atom stereocenters. The van der Waals surface area contributed by atoms with Gasteiger partial charge in [-0.1, -0.05) is 13.8 Å². The molecule has 1 aliphatic rings. The molecule has 1 aliphatic heterocycles. The van der Waals surface area contributed by atoms with Crippen molar-refractivity contribution in [1.29, 1.82) is 0 Å². The summed E-state index contributed by atoms with van der Waals surface area (Å²) < 4.78 is 0. The van der Waals surface area contributed by atoms with Crippen molar-refractivity contribution in [2.45, 2.75) is 46.1 Å². The average Bonchev–Trinajstić information content (AvgIpc) is 2.18. The predicted molar refractivity (Wildman–Crippen MR) is 61.3 cm³/mol. The largest absolute Gasteiger partial charge is 0.370 e. The minimum absolute atomic E-state index is 0.596. The topological polar surface area (TPSA) is 41.6 Å². The summed E-state index contributed by atoms with van der Waals surface area (Å²) in [6.07, 6.45) is 3.85. The Labute approximate surface area is 87.4 Å². The molecule has 0 saturated carbocycles. The van der Waals surface area contributed by atoms with Crippen molar-refractivity contribution in [3.8, 4) is 0 Å². The molecule has 1 fully saturated rings. The van der Waals surface area contributed by atoms with E-state index in [1.807, 2.05) is 6.92 Å². The van der Waals surface area contributed by atoms with Crippen molar-refractivity contribution in [1.82, 2.24) is 4.90 Å². The van der Waals surface area contributed by atoms with Crippen molar-refractivity contribution in [2.75, 3.05) is 13.1 Å². The van der Waals surface area contributed by atoms with Crippen LogP contribution in [0.15, 0.2) is 4.99 Å². The first-order chi connectivity index (χ1) is 6.66. The van der Waals surface area contributed by atoms with Gasteiger partial charge in [0.15, 0.2) is 5.96 Å². The van der Waals surface area contributed by atoms with Gasteiger partial charge in [-0.15, -0.1) is 0 Å². The molecule has 0 amide bonds. The molecule has 0 bridgehead atoms. The fraction of sp³-hybridized carbons (Fsp3) is 0.909. The number of hydrogen-bond acceptors (Lipinski definition) is 1. The van der Waals surface area contributed by atoms with Crippen LogP contribution in [0, 0.1) is 5.92 Å². The molecule has 3 nitrogen and oxygen atoms in total.